The highest BCUT2D eigenvalue weighted by atomic mass is 16.5. The highest BCUT2D eigenvalue weighted by molar-refractivity contribution is 6.24. The van der Waals surface area contributed by atoms with Crippen LogP contribution in [0.4, 0.5) is 11.4 Å². The molecule has 7 heteroatoms. The normalized spacial score (nSPS) is 19.5. The molecule has 0 radical (unpaired) electrons. The van der Waals surface area contributed by atoms with Crippen LogP contribution in [0.25, 0.3) is 0 Å². The summed E-state index contributed by atoms with van der Waals surface area (Å²) >= 11 is 0. The lowest BCUT2D eigenvalue weighted by Crippen LogP contribution is -2.36. The van der Waals surface area contributed by atoms with Crippen molar-refractivity contribution in [3.8, 4) is 0 Å². The van der Waals surface area contributed by atoms with Gasteiger partial charge in [-0.2, -0.15) is 0 Å². The summed E-state index contributed by atoms with van der Waals surface area (Å²) in [6.07, 6.45) is 0. The lowest BCUT2D eigenvalue weighted by Gasteiger charge is -2.28. The third kappa shape index (κ3) is 3.57. The molecule has 28 heavy (non-hydrogen) atoms. The molecule has 4 rings (SSSR count). The number of ether oxygens (including phenoxy) is 1. The Morgan fingerprint density at radius 2 is 1.75 bits per heavy atom. The average Bonchev–Trinajstić information content (AvgIpc) is 3.04. The van der Waals surface area contributed by atoms with Crippen LogP contribution in [0.3, 0.4) is 0 Å². The van der Waals surface area contributed by atoms with Gasteiger partial charge in [-0.05, 0) is 29.8 Å². The summed E-state index contributed by atoms with van der Waals surface area (Å²) in [4.78, 5) is 27.0. The van der Waals surface area contributed by atoms with E-state index >= 15 is 0 Å². The van der Waals surface area contributed by atoms with Gasteiger partial charge in [0.05, 0.1) is 13.2 Å². The summed E-state index contributed by atoms with van der Waals surface area (Å²) < 4.78 is 5.35. The molecule has 1 fully saturated rings. The van der Waals surface area contributed by atoms with Gasteiger partial charge in [-0.1, -0.05) is 30.3 Å². The molecule has 144 valence electrons. The van der Waals surface area contributed by atoms with Crippen LogP contribution in [-0.4, -0.2) is 43.2 Å². The van der Waals surface area contributed by atoms with E-state index in [0.29, 0.717) is 24.5 Å². The van der Waals surface area contributed by atoms with Gasteiger partial charge < -0.3 is 25.4 Å². The van der Waals surface area contributed by atoms with Crippen LogP contribution in [0.1, 0.15) is 11.6 Å². The minimum Gasteiger partial charge on any atom is -0.509 e. The monoisotopic (exact) mass is 379 g/mol. The van der Waals surface area contributed by atoms with Gasteiger partial charge in [0.2, 0.25) is 0 Å². The zero-order chi connectivity index (χ0) is 19.5. The van der Waals surface area contributed by atoms with Crippen LogP contribution in [0.15, 0.2) is 65.9 Å². The van der Waals surface area contributed by atoms with Gasteiger partial charge in [0.15, 0.2) is 0 Å². The quantitative estimate of drug-likeness (QED) is 0.708. The molecule has 2 aromatic carbocycles. The van der Waals surface area contributed by atoms with Crippen LogP contribution in [0, 0.1) is 0 Å². The van der Waals surface area contributed by atoms with Gasteiger partial charge in [-0.25, -0.2) is 0 Å². The van der Waals surface area contributed by atoms with Crippen molar-refractivity contribution < 1.29 is 19.4 Å². The van der Waals surface area contributed by atoms with Crippen molar-refractivity contribution in [2.45, 2.75) is 6.04 Å². The largest absolute Gasteiger partial charge is 0.509 e. The van der Waals surface area contributed by atoms with Crippen molar-refractivity contribution in [3.05, 3.63) is 71.5 Å². The minimum absolute atomic E-state index is 0.258. The average molecular weight is 379 g/mol. The predicted octanol–water partition coefficient (Wildman–Crippen LogP) is 2.14. The van der Waals surface area contributed by atoms with Gasteiger partial charge in [0, 0.05) is 24.5 Å². The number of carbonyl (C=O) groups excluding carboxylic acids is 2. The third-order valence-electron chi connectivity index (χ3n) is 4.89. The number of aliphatic hydroxyl groups is 1. The fourth-order valence-corrected chi connectivity index (χ4v) is 3.41. The van der Waals surface area contributed by atoms with Crippen LogP contribution >= 0.6 is 0 Å². The standard InChI is InChI=1S/C21H21N3O4/c25-19-17(21(27)23-18(19)14-4-2-1-3-5-14)20(26)22-15-6-8-16(9-7-15)24-10-12-28-13-11-24/h1-9,18,25H,10-13H2,(H,22,26)(H,23,27). The lowest BCUT2D eigenvalue weighted by molar-refractivity contribution is -0.120. The van der Waals surface area contributed by atoms with Gasteiger partial charge >= 0.3 is 0 Å². The van der Waals surface area contributed by atoms with Gasteiger partial charge in [0.25, 0.3) is 11.8 Å². The van der Waals surface area contributed by atoms with Gasteiger partial charge in [-0.15, -0.1) is 0 Å². The van der Waals surface area contributed by atoms with Crippen molar-refractivity contribution in [1.29, 1.82) is 0 Å². The smallest absolute Gasteiger partial charge is 0.264 e. The zero-order valence-corrected chi connectivity index (χ0v) is 15.2. The molecule has 1 unspecified atom stereocenters. The first kappa shape index (κ1) is 18.1. The Kier molecular flexibility index (Phi) is 4.99. The number of rotatable bonds is 4. The number of nitrogens with one attached hydrogen (secondary N) is 2. The number of anilines is 2. The molecular formula is C21H21N3O4. The summed E-state index contributed by atoms with van der Waals surface area (Å²) in [5.74, 6) is -1.49. The van der Waals surface area contributed by atoms with Crippen LogP contribution in [0.5, 0.6) is 0 Å². The fourth-order valence-electron chi connectivity index (χ4n) is 3.41. The lowest BCUT2D eigenvalue weighted by atomic mass is 10.1. The van der Waals surface area contributed by atoms with E-state index in [0.717, 1.165) is 18.8 Å². The Balaban J connectivity index is 1.48. The number of amides is 2. The summed E-state index contributed by atoms with van der Waals surface area (Å²) in [6, 6.07) is 15.7. The summed E-state index contributed by atoms with van der Waals surface area (Å²) in [5.41, 5.74) is 2.06. The number of hydrogen-bond acceptors (Lipinski definition) is 5. The van der Waals surface area contributed by atoms with Gasteiger partial charge in [0.1, 0.15) is 17.4 Å². The maximum absolute atomic E-state index is 12.6. The second-order valence-electron chi connectivity index (χ2n) is 6.68. The predicted molar refractivity (Wildman–Crippen MR) is 105 cm³/mol. The Morgan fingerprint density at radius 1 is 1.07 bits per heavy atom. The molecule has 1 saturated heterocycles. The summed E-state index contributed by atoms with van der Waals surface area (Å²) in [6.45, 7) is 3.05. The summed E-state index contributed by atoms with van der Waals surface area (Å²) in [5, 5.41) is 15.8. The molecule has 2 aliphatic rings. The van der Waals surface area contributed by atoms with E-state index in [2.05, 4.69) is 15.5 Å². The van der Waals surface area contributed by atoms with E-state index in [9.17, 15) is 14.7 Å². The Bertz CT molecular complexity index is 903. The van der Waals surface area contributed by atoms with E-state index in [-0.39, 0.29) is 11.3 Å². The number of benzene rings is 2. The molecule has 2 heterocycles. The highest BCUT2D eigenvalue weighted by Crippen LogP contribution is 2.29. The first-order valence-corrected chi connectivity index (χ1v) is 9.16. The fraction of sp³-hybridized carbons (Fsp3) is 0.238. The number of carbonyl (C=O) groups is 2. The molecule has 0 aromatic heterocycles. The third-order valence-corrected chi connectivity index (χ3v) is 4.89. The van der Waals surface area contributed by atoms with Crippen LogP contribution in [-0.2, 0) is 14.3 Å². The molecule has 0 saturated carbocycles. The maximum atomic E-state index is 12.6. The SMILES string of the molecule is O=C(Nc1ccc(N2CCOCC2)cc1)C1=C(O)C(c2ccccc2)NC1=O. The molecule has 0 spiro atoms. The van der Waals surface area contributed by atoms with Crippen molar-refractivity contribution in [2.75, 3.05) is 36.5 Å². The highest BCUT2D eigenvalue weighted by Gasteiger charge is 2.36. The van der Waals surface area contributed by atoms with E-state index in [1.165, 1.54) is 0 Å². The van der Waals surface area contributed by atoms with Crippen LogP contribution in [0.2, 0.25) is 0 Å². The molecule has 3 N–H and O–H groups in total. The second kappa shape index (κ2) is 7.74. The first-order chi connectivity index (χ1) is 13.6. The molecule has 2 aliphatic heterocycles. The molecular weight excluding hydrogens is 358 g/mol. The first-order valence-electron chi connectivity index (χ1n) is 9.16. The molecule has 1 atom stereocenters. The van der Waals surface area contributed by atoms with Crippen LogP contribution < -0.4 is 15.5 Å². The Labute approximate surface area is 162 Å². The van der Waals surface area contributed by atoms with Crippen molar-refractivity contribution in [1.82, 2.24) is 5.32 Å². The Morgan fingerprint density at radius 3 is 2.43 bits per heavy atom. The topological polar surface area (TPSA) is 90.9 Å². The van der Waals surface area contributed by atoms with Crippen molar-refractivity contribution in [2.24, 2.45) is 0 Å². The van der Waals surface area contributed by atoms with E-state index < -0.39 is 17.9 Å². The second-order valence-corrected chi connectivity index (χ2v) is 6.68. The number of nitrogens with zero attached hydrogens (tertiary/aromatic N) is 1. The minimum atomic E-state index is -0.710. The summed E-state index contributed by atoms with van der Waals surface area (Å²) in [7, 11) is 0. The molecule has 2 amide bonds. The zero-order valence-electron chi connectivity index (χ0n) is 15.2. The molecule has 2 aromatic rings. The van der Waals surface area contributed by atoms with E-state index in [1.807, 2.05) is 30.3 Å². The van der Waals surface area contributed by atoms with Gasteiger partial charge in [-0.3, -0.25) is 9.59 Å². The van der Waals surface area contributed by atoms with E-state index in [1.54, 1.807) is 24.3 Å². The van der Waals surface area contributed by atoms with Crippen molar-refractivity contribution in [3.63, 3.8) is 0 Å². The Hall–Kier alpha value is -3.32. The van der Waals surface area contributed by atoms with E-state index in [4.69, 9.17) is 4.74 Å². The molecule has 0 aliphatic carbocycles. The number of aliphatic hydroxyl groups excluding tert-OH is 1. The maximum Gasteiger partial charge on any atom is 0.264 e. The molecule has 7 nitrogen and oxygen atoms in total. The van der Waals surface area contributed by atoms with Crippen molar-refractivity contribution >= 4 is 23.2 Å². The molecule has 0 bridgehead atoms. The number of morpholine rings is 1. The number of hydrogen-bond donors (Lipinski definition) is 3.